The summed E-state index contributed by atoms with van der Waals surface area (Å²) in [6, 6.07) is 12.7. The van der Waals surface area contributed by atoms with E-state index in [0.29, 0.717) is 18.9 Å². The molecule has 2 aromatic carbocycles. The summed E-state index contributed by atoms with van der Waals surface area (Å²) in [5.74, 6) is 0. The normalized spacial score (nSPS) is 22.1. The lowest BCUT2D eigenvalue weighted by Gasteiger charge is -2.43. The summed E-state index contributed by atoms with van der Waals surface area (Å²) >= 11 is 0. The maximum atomic E-state index is 13.4. The third-order valence-electron chi connectivity index (χ3n) is 6.62. The van der Waals surface area contributed by atoms with Crippen molar-refractivity contribution < 1.29 is 22.7 Å². The van der Waals surface area contributed by atoms with Gasteiger partial charge in [0, 0.05) is 31.4 Å². The molecule has 0 unspecified atom stereocenters. The molecular formula is C25H31F4N3O. The first-order valence-electron chi connectivity index (χ1n) is 11.5. The molecule has 0 spiro atoms. The van der Waals surface area contributed by atoms with E-state index in [1.807, 2.05) is 43.3 Å². The average molecular weight is 466 g/mol. The number of anilines is 1. The van der Waals surface area contributed by atoms with Gasteiger partial charge in [-0.2, -0.15) is 13.2 Å². The Labute approximate surface area is 192 Å². The fourth-order valence-corrected chi connectivity index (χ4v) is 5.02. The maximum absolute atomic E-state index is 13.4. The van der Waals surface area contributed by atoms with Crippen molar-refractivity contribution in [3.63, 3.8) is 0 Å². The van der Waals surface area contributed by atoms with Crippen LogP contribution in [-0.2, 0) is 13.0 Å². The number of nitrogens with zero attached hydrogens (tertiary/aromatic N) is 2. The predicted octanol–water partition coefficient (Wildman–Crippen LogP) is 4.53. The number of hydrogen-bond donors (Lipinski definition) is 2. The van der Waals surface area contributed by atoms with E-state index < -0.39 is 18.8 Å². The summed E-state index contributed by atoms with van der Waals surface area (Å²) in [5, 5.41) is 12.9. The van der Waals surface area contributed by atoms with Gasteiger partial charge in [0.1, 0.15) is 0 Å². The van der Waals surface area contributed by atoms with E-state index in [9.17, 15) is 22.7 Å². The molecule has 2 N–H and O–H groups in total. The van der Waals surface area contributed by atoms with Gasteiger partial charge < -0.3 is 10.4 Å². The number of hydrogen-bond acceptors (Lipinski definition) is 4. The minimum atomic E-state index is -4.30. The van der Waals surface area contributed by atoms with E-state index in [4.69, 9.17) is 0 Å². The van der Waals surface area contributed by atoms with Crippen LogP contribution in [-0.4, -0.2) is 66.0 Å². The molecule has 4 rings (SSSR count). The summed E-state index contributed by atoms with van der Waals surface area (Å²) in [6.45, 7) is 2.95. The summed E-state index contributed by atoms with van der Waals surface area (Å²) in [5.41, 5.74) is 4.35. The van der Waals surface area contributed by atoms with Crippen molar-refractivity contribution in [1.82, 2.24) is 9.80 Å². The summed E-state index contributed by atoms with van der Waals surface area (Å²) in [7, 11) is 0. The third-order valence-corrected chi connectivity index (χ3v) is 6.62. The number of alkyl halides is 4. The number of aliphatic hydroxyl groups is 1. The largest absolute Gasteiger partial charge is 0.401 e. The van der Waals surface area contributed by atoms with Crippen LogP contribution < -0.4 is 5.32 Å². The Morgan fingerprint density at radius 1 is 1.09 bits per heavy atom. The first kappa shape index (κ1) is 24.0. The maximum Gasteiger partial charge on any atom is 0.401 e. The second-order valence-electron chi connectivity index (χ2n) is 9.20. The van der Waals surface area contributed by atoms with Crippen LogP contribution in [0, 0.1) is 0 Å². The van der Waals surface area contributed by atoms with Crippen LogP contribution in [0.25, 0.3) is 0 Å². The molecule has 8 heteroatoms. The van der Waals surface area contributed by atoms with E-state index in [1.165, 1.54) is 4.90 Å². The topological polar surface area (TPSA) is 38.7 Å². The molecule has 0 amide bonds. The van der Waals surface area contributed by atoms with Gasteiger partial charge >= 0.3 is 6.18 Å². The molecule has 2 aromatic rings. The molecule has 180 valence electrons. The van der Waals surface area contributed by atoms with Gasteiger partial charge in [-0.3, -0.25) is 14.2 Å². The van der Waals surface area contributed by atoms with Crippen LogP contribution >= 0.6 is 0 Å². The Hall–Kier alpha value is -2.16. The first-order chi connectivity index (χ1) is 15.8. The Balaban J connectivity index is 1.54. The summed E-state index contributed by atoms with van der Waals surface area (Å²) in [4.78, 5) is 3.72. The fourth-order valence-electron chi connectivity index (χ4n) is 5.02. The number of likely N-dealkylation sites (tertiary alicyclic amines) is 1. The molecular weight excluding hydrogens is 434 g/mol. The lowest BCUT2D eigenvalue weighted by Crippen LogP contribution is -2.54. The lowest BCUT2D eigenvalue weighted by atomic mass is 9.84. The van der Waals surface area contributed by atoms with Crippen molar-refractivity contribution in [2.45, 2.75) is 50.7 Å². The smallest absolute Gasteiger partial charge is 0.392 e. The van der Waals surface area contributed by atoms with E-state index in [0.717, 1.165) is 47.6 Å². The molecule has 1 saturated heterocycles. The molecule has 2 aliphatic heterocycles. The van der Waals surface area contributed by atoms with E-state index in [2.05, 4.69) is 10.2 Å². The quantitative estimate of drug-likeness (QED) is 0.562. The van der Waals surface area contributed by atoms with Crippen molar-refractivity contribution in [2.75, 3.05) is 38.2 Å². The van der Waals surface area contributed by atoms with E-state index in [1.54, 1.807) is 6.07 Å². The average Bonchev–Trinajstić information content (AvgIpc) is 2.75. The van der Waals surface area contributed by atoms with Crippen molar-refractivity contribution in [3.05, 3.63) is 64.7 Å². The van der Waals surface area contributed by atoms with Gasteiger partial charge in [0.15, 0.2) is 0 Å². The van der Waals surface area contributed by atoms with E-state index >= 15 is 0 Å². The molecule has 0 bridgehead atoms. The highest BCUT2D eigenvalue weighted by molar-refractivity contribution is 5.49. The van der Waals surface area contributed by atoms with Gasteiger partial charge in [-0.25, -0.2) is 0 Å². The second kappa shape index (κ2) is 9.99. The number of nitrogens with one attached hydrogen (secondary N) is 1. The standard InChI is InChI=1S/C25H31F4N3O/c1-17-11-20-12-18(15-33)3-8-23(20)24(32(17)16-25(27,28)29)19-4-6-21(7-5-19)30-22-13-31(14-22)10-2-9-26/h3-8,12,17,22,24,30,33H,2,9-11,13-16H2,1H3/t17-,24-/m1/s1. The Bertz CT molecular complexity index is 928. The van der Waals surface area contributed by atoms with Crippen LogP contribution in [0.5, 0.6) is 0 Å². The van der Waals surface area contributed by atoms with Gasteiger partial charge in [0.25, 0.3) is 0 Å². The van der Waals surface area contributed by atoms with Crippen molar-refractivity contribution in [2.24, 2.45) is 0 Å². The Morgan fingerprint density at radius 3 is 2.45 bits per heavy atom. The number of rotatable bonds is 8. The van der Waals surface area contributed by atoms with Crippen LogP contribution in [0.1, 0.15) is 41.6 Å². The van der Waals surface area contributed by atoms with Crippen LogP contribution in [0.15, 0.2) is 42.5 Å². The monoisotopic (exact) mass is 465 g/mol. The highest BCUT2D eigenvalue weighted by Crippen LogP contribution is 2.40. The Kier molecular flexibility index (Phi) is 7.26. The summed E-state index contributed by atoms with van der Waals surface area (Å²) < 4.78 is 52.7. The van der Waals surface area contributed by atoms with Gasteiger partial charge in [-0.15, -0.1) is 0 Å². The lowest BCUT2D eigenvalue weighted by molar-refractivity contribution is -0.155. The van der Waals surface area contributed by atoms with Crippen LogP contribution in [0.2, 0.25) is 0 Å². The predicted molar refractivity (Wildman–Crippen MR) is 121 cm³/mol. The third kappa shape index (κ3) is 5.67. The molecule has 0 aromatic heterocycles. The minimum Gasteiger partial charge on any atom is -0.392 e. The number of halogens is 4. The van der Waals surface area contributed by atoms with E-state index in [-0.39, 0.29) is 19.3 Å². The molecule has 1 fully saturated rings. The van der Waals surface area contributed by atoms with Crippen molar-refractivity contribution in [3.8, 4) is 0 Å². The van der Waals surface area contributed by atoms with Crippen LogP contribution in [0.4, 0.5) is 23.2 Å². The second-order valence-corrected chi connectivity index (χ2v) is 9.20. The SMILES string of the molecule is C[C@@H]1Cc2cc(CO)ccc2[C@@H](c2ccc(NC3CN(CCCF)C3)cc2)N1CC(F)(F)F. The number of aliphatic hydroxyl groups excluding tert-OH is 1. The van der Waals surface area contributed by atoms with Crippen molar-refractivity contribution >= 4 is 5.69 Å². The highest BCUT2D eigenvalue weighted by atomic mass is 19.4. The molecule has 2 heterocycles. The zero-order valence-electron chi connectivity index (χ0n) is 18.8. The number of fused-ring (bicyclic) bond motifs is 1. The molecule has 2 atom stereocenters. The molecule has 0 saturated carbocycles. The van der Waals surface area contributed by atoms with Gasteiger partial charge in [0.2, 0.25) is 0 Å². The molecule has 0 radical (unpaired) electrons. The Morgan fingerprint density at radius 2 is 1.82 bits per heavy atom. The van der Waals surface area contributed by atoms with Gasteiger partial charge in [0.05, 0.1) is 31.9 Å². The molecule has 0 aliphatic carbocycles. The molecule has 2 aliphatic rings. The van der Waals surface area contributed by atoms with Crippen LogP contribution in [0.3, 0.4) is 0 Å². The summed E-state index contributed by atoms with van der Waals surface area (Å²) in [6.07, 6.45) is -3.23. The van der Waals surface area contributed by atoms with Crippen molar-refractivity contribution in [1.29, 1.82) is 0 Å². The first-order valence-corrected chi connectivity index (χ1v) is 11.5. The van der Waals surface area contributed by atoms with Gasteiger partial charge in [-0.1, -0.05) is 30.3 Å². The molecule has 33 heavy (non-hydrogen) atoms. The zero-order valence-corrected chi connectivity index (χ0v) is 18.8. The highest BCUT2D eigenvalue weighted by Gasteiger charge is 2.40. The number of benzene rings is 2. The zero-order chi connectivity index (χ0) is 23.6. The minimum absolute atomic E-state index is 0.0919. The fraction of sp³-hybridized carbons (Fsp3) is 0.520. The molecule has 4 nitrogen and oxygen atoms in total. The van der Waals surface area contributed by atoms with Gasteiger partial charge in [-0.05, 0) is 54.2 Å².